The smallest absolute Gasteiger partial charge is 0.331 e. The van der Waals surface area contributed by atoms with Crippen molar-refractivity contribution in [3.05, 3.63) is 73.6 Å². The maximum atomic E-state index is 12.9. The van der Waals surface area contributed by atoms with Crippen LogP contribution in [0.3, 0.4) is 0 Å². The van der Waals surface area contributed by atoms with Crippen molar-refractivity contribution in [2.45, 2.75) is 25.9 Å². The Balaban J connectivity index is 1.52. The van der Waals surface area contributed by atoms with Crippen molar-refractivity contribution in [1.29, 1.82) is 0 Å². The van der Waals surface area contributed by atoms with Crippen LogP contribution in [0.4, 0.5) is 0 Å². The Kier molecular flexibility index (Phi) is 5.96. The molecule has 1 aromatic carbocycles. The first-order valence-electron chi connectivity index (χ1n) is 9.93. The summed E-state index contributed by atoms with van der Waals surface area (Å²) in [5, 5.41) is 12.9. The Bertz CT molecular complexity index is 1210. The topological polar surface area (TPSA) is 84.5 Å². The van der Waals surface area contributed by atoms with E-state index in [0.29, 0.717) is 17.4 Å². The van der Waals surface area contributed by atoms with Crippen LogP contribution in [0.15, 0.2) is 56.8 Å². The van der Waals surface area contributed by atoms with E-state index in [1.807, 2.05) is 18.2 Å². The predicted octanol–water partition coefficient (Wildman–Crippen LogP) is 2.49. The molecule has 0 aliphatic carbocycles. The van der Waals surface area contributed by atoms with Crippen LogP contribution >= 0.6 is 11.3 Å². The van der Waals surface area contributed by atoms with Crippen LogP contribution in [-0.2, 0) is 17.9 Å². The lowest BCUT2D eigenvalue weighted by Gasteiger charge is -2.26. The van der Waals surface area contributed by atoms with Crippen molar-refractivity contribution >= 4 is 33.8 Å². The largest absolute Gasteiger partial charge is 0.481 e. The molecule has 7 nitrogen and oxygen atoms in total. The van der Waals surface area contributed by atoms with E-state index in [9.17, 15) is 14.4 Å². The zero-order valence-corrected chi connectivity index (χ0v) is 17.3. The van der Waals surface area contributed by atoms with Crippen LogP contribution in [0.5, 0.6) is 0 Å². The number of hydrogen-bond donors (Lipinski definition) is 1. The van der Waals surface area contributed by atoms with Crippen LogP contribution in [0.2, 0.25) is 0 Å². The minimum absolute atomic E-state index is 0.0502. The van der Waals surface area contributed by atoms with E-state index in [1.54, 1.807) is 10.8 Å². The summed E-state index contributed by atoms with van der Waals surface area (Å²) in [6.07, 6.45) is 2.96. The molecular formula is C22H23N3O4S. The molecule has 0 radical (unpaired) electrons. The Morgan fingerprint density at radius 3 is 2.53 bits per heavy atom. The van der Waals surface area contributed by atoms with Gasteiger partial charge in [0.15, 0.2) is 0 Å². The van der Waals surface area contributed by atoms with E-state index in [2.05, 4.69) is 23.1 Å². The SMILES string of the molecule is O=C(O)CCn1c(=O)n(CCN2CC=C(c3ccccc3)CC2)c(=O)c2cscc21. The summed E-state index contributed by atoms with van der Waals surface area (Å²) in [4.78, 5) is 38.9. The number of rotatable bonds is 7. The lowest BCUT2D eigenvalue weighted by atomic mass is 10.00. The van der Waals surface area contributed by atoms with Gasteiger partial charge in [-0.1, -0.05) is 36.4 Å². The third-order valence-corrected chi connectivity index (χ3v) is 6.23. The third-order valence-electron chi connectivity index (χ3n) is 5.50. The van der Waals surface area contributed by atoms with Gasteiger partial charge in [-0.15, -0.1) is 11.3 Å². The van der Waals surface area contributed by atoms with Gasteiger partial charge in [-0.05, 0) is 17.6 Å². The average Bonchev–Trinajstić information content (AvgIpc) is 3.24. The summed E-state index contributed by atoms with van der Waals surface area (Å²) in [5.41, 5.74) is 2.32. The number of benzene rings is 1. The normalized spacial score (nSPS) is 14.7. The highest BCUT2D eigenvalue weighted by atomic mass is 32.1. The maximum Gasteiger partial charge on any atom is 0.331 e. The highest BCUT2D eigenvalue weighted by molar-refractivity contribution is 7.09. The number of carboxylic acid groups (broad SMARTS) is 1. The fraction of sp³-hybridized carbons (Fsp3) is 0.318. The Morgan fingerprint density at radius 1 is 1.03 bits per heavy atom. The molecule has 4 rings (SSSR count). The van der Waals surface area contributed by atoms with Crippen molar-refractivity contribution in [1.82, 2.24) is 14.0 Å². The first kappa shape index (κ1) is 20.3. The van der Waals surface area contributed by atoms with Gasteiger partial charge in [0.2, 0.25) is 0 Å². The number of thiophene rings is 1. The number of aryl methyl sites for hydroxylation is 1. The summed E-state index contributed by atoms with van der Waals surface area (Å²) in [5.74, 6) is -0.975. The lowest BCUT2D eigenvalue weighted by molar-refractivity contribution is -0.137. The highest BCUT2D eigenvalue weighted by Gasteiger charge is 2.17. The predicted molar refractivity (Wildman–Crippen MR) is 118 cm³/mol. The second kappa shape index (κ2) is 8.81. The van der Waals surface area contributed by atoms with Crippen LogP contribution < -0.4 is 11.2 Å². The van der Waals surface area contributed by atoms with E-state index in [-0.39, 0.29) is 25.1 Å². The first-order valence-corrected chi connectivity index (χ1v) is 10.9. The molecule has 1 N–H and O–H groups in total. The van der Waals surface area contributed by atoms with Crippen LogP contribution in [0.1, 0.15) is 18.4 Å². The number of carboxylic acids is 1. The molecule has 0 saturated carbocycles. The van der Waals surface area contributed by atoms with E-state index in [0.717, 1.165) is 19.5 Å². The summed E-state index contributed by atoms with van der Waals surface area (Å²) in [7, 11) is 0. The zero-order chi connectivity index (χ0) is 21.1. The number of fused-ring (bicyclic) bond motifs is 1. The summed E-state index contributed by atoms with van der Waals surface area (Å²) in [6.45, 7) is 2.55. The Labute approximate surface area is 177 Å². The first-order chi connectivity index (χ1) is 14.5. The number of hydrogen-bond acceptors (Lipinski definition) is 5. The second-order valence-corrected chi connectivity index (χ2v) is 8.10. The molecule has 0 unspecified atom stereocenters. The molecule has 3 aromatic rings. The zero-order valence-electron chi connectivity index (χ0n) is 16.5. The van der Waals surface area contributed by atoms with Crippen molar-refractivity contribution in [3.8, 4) is 0 Å². The molecule has 30 heavy (non-hydrogen) atoms. The van der Waals surface area contributed by atoms with Gasteiger partial charge in [0.25, 0.3) is 5.56 Å². The molecular weight excluding hydrogens is 402 g/mol. The van der Waals surface area contributed by atoms with Crippen molar-refractivity contribution in [3.63, 3.8) is 0 Å². The molecule has 1 aliphatic rings. The average molecular weight is 426 g/mol. The number of aliphatic carboxylic acids is 1. The van der Waals surface area contributed by atoms with Crippen LogP contribution in [0.25, 0.3) is 16.5 Å². The van der Waals surface area contributed by atoms with Gasteiger partial charge in [0.1, 0.15) is 0 Å². The summed E-state index contributed by atoms with van der Waals surface area (Å²) < 4.78 is 2.65. The van der Waals surface area contributed by atoms with Gasteiger partial charge in [-0.2, -0.15) is 0 Å². The van der Waals surface area contributed by atoms with Gasteiger partial charge in [0, 0.05) is 43.5 Å². The molecule has 0 atom stereocenters. The monoisotopic (exact) mass is 425 g/mol. The quantitative estimate of drug-likeness (QED) is 0.629. The highest BCUT2D eigenvalue weighted by Crippen LogP contribution is 2.21. The molecule has 156 valence electrons. The van der Waals surface area contributed by atoms with Crippen LogP contribution in [0, 0.1) is 0 Å². The fourth-order valence-electron chi connectivity index (χ4n) is 3.83. The molecule has 1 aliphatic heterocycles. The molecule has 0 fully saturated rings. The number of nitrogens with zero attached hydrogens (tertiary/aromatic N) is 3. The van der Waals surface area contributed by atoms with Gasteiger partial charge < -0.3 is 5.11 Å². The van der Waals surface area contributed by atoms with Gasteiger partial charge in [-0.3, -0.25) is 23.6 Å². The maximum absolute atomic E-state index is 12.9. The fourth-order valence-corrected chi connectivity index (χ4v) is 4.64. The van der Waals surface area contributed by atoms with E-state index < -0.39 is 11.7 Å². The minimum Gasteiger partial charge on any atom is -0.481 e. The third kappa shape index (κ3) is 4.15. The summed E-state index contributed by atoms with van der Waals surface area (Å²) in [6, 6.07) is 10.3. The van der Waals surface area contributed by atoms with Crippen molar-refractivity contribution in [2.24, 2.45) is 0 Å². The molecule has 8 heteroatoms. The van der Waals surface area contributed by atoms with Crippen molar-refractivity contribution < 1.29 is 9.90 Å². The van der Waals surface area contributed by atoms with Gasteiger partial charge in [-0.25, -0.2) is 4.79 Å². The molecule has 0 amide bonds. The Hall–Kier alpha value is -2.97. The number of aromatic nitrogens is 2. The lowest BCUT2D eigenvalue weighted by Crippen LogP contribution is -2.43. The molecule has 0 saturated heterocycles. The molecule has 2 aromatic heterocycles. The standard InChI is InChI=1S/C22H23N3O4S/c26-20(27)8-11-24-19-15-30-14-18(19)21(28)25(22(24)29)13-12-23-9-6-17(7-10-23)16-4-2-1-3-5-16/h1-6,14-15H,7-13H2,(H,26,27). The Morgan fingerprint density at radius 2 is 1.83 bits per heavy atom. The van der Waals surface area contributed by atoms with Crippen molar-refractivity contribution in [2.75, 3.05) is 19.6 Å². The van der Waals surface area contributed by atoms with Crippen LogP contribution in [-0.4, -0.2) is 44.7 Å². The summed E-state index contributed by atoms with van der Waals surface area (Å²) >= 11 is 1.34. The van der Waals surface area contributed by atoms with Gasteiger partial charge in [0.05, 0.1) is 17.3 Å². The minimum atomic E-state index is -0.975. The number of carbonyl (C=O) groups is 1. The van der Waals surface area contributed by atoms with E-state index >= 15 is 0 Å². The molecule has 0 bridgehead atoms. The van der Waals surface area contributed by atoms with Gasteiger partial charge >= 0.3 is 11.7 Å². The van der Waals surface area contributed by atoms with E-state index in [1.165, 1.54) is 31.6 Å². The van der Waals surface area contributed by atoms with E-state index in [4.69, 9.17) is 5.11 Å². The molecule has 3 heterocycles. The molecule has 0 spiro atoms. The second-order valence-electron chi connectivity index (χ2n) is 7.35.